The van der Waals surface area contributed by atoms with Crippen LogP contribution in [-0.4, -0.2) is 38.3 Å². The number of anilines is 1. The molecule has 0 radical (unpaired) electrons. The fourth-order valence-corrected chi connectivity index (χ4v) is 4.66. The number of amides is 1. The largest absolute Gasteiger partial charge is 0.481 e. The van der Waals surface area contributed by atoms with E-state index in [1.165, 1.54) is 4.31 Å². The molecule has 1 aliphatic heterocycles. The van der Waals surface area contributed by atoms with E-state index in [4.69, 9.17) is 11.2 Å². The van der Waals surface area contributed by atoms with Crippen LogP contribution in [0.2, 0.25) is 0 Å². The maximum Gasteiger partial charge on any atom is 0.243 e. The minimum atomic E-state index is -3.60. The Bertz CT molecular complexity index is 950. The molecular weight excluding hydrogens is 376 g/mol. The Hall–Kier alpha value is -2.82. The number of nitrogens with zero attached hydrogens (tertiary/aromatic N) is 1. The first-order chi connectivity index (χ1) is 13.5. The predicted octanol–water partition coefficient (Wildman–Crippen LogP) is 2.74. The SMILES string of the molecule is C#CCOc1ccc(NC(=O)C2CCCN(S(=O)(=O)c3ccccc3)C2)cc1. The van der Waals surface area contributed by atoms with Crippen LogP contribution in [0.15, 0.2) is 59.5 Å². The quantitative estimate of drug-likeness (QED) is 0.759. The molecule has 7 heteroatoms. The maximum absolute atomic E-state index is 12.8. The van der Waals surface area contributed by atoms with Gasteiger partial charge in [0.1, 0.15) is 12.4 Å². The first kappa shape index (κ1) is 19.9. The standard InChI is InChI=1S/C21H22N2O4S/c1-2-15-27-19-12-10-18(11-13-19)22-21(24)17-7-6-14-23(16-17)28(25,26)20-8-4-3-5-9-20/h1,3-5,8-13,17H,6-7,14-16H2,(H,22,24). The number of sulfonamides is 1. The average molecular weight is 398 g/mol. The molecule has 2 aromatic carbocycles. The van der Waals surface area contributed by atoms with Crippen molar-refractivity contribution in [3.05, 3.63) is 54.6 Å². The lowest BCUT2D eigenvalue weighted by molar-refractivity contribution is -0.120. The Morgan fingerprint density at radius 2 is 1.89 bits per heavy atom. The molecule has 0 bridgehead atoms. The Labute approximate surface area is 165 Å². The van der Waals surface area contributed by atoms with E-state index in [2.05, 4.69) is 11.2 Å². The zero-order chi connectivity index (χ0) is 20.0. The number of rotatable bonds is 6. The van der Waals surface area contributed by atoms with Gasteiger partial charge in [-0.2, -0.15) is 4.31 Å². The van der Waals surface area contributed by atoms with E-state index in [9.17, 15) is 13.2 Å². The summed E-state index contributed by atoms with van der Waals surface area (Å²) in [4.78, 5) is 12.9. The molecule has 1 fully saturated rings. The summed E-state index contributed by atoms with van der Waals surface area (Å²) in [6.45, 7) is 0.772. The number of benzene rings is 2. The third kappa shape index (κ3) is 4.71. The summed E-state index contributed by atoms with van der Waals surface area (Å²) in [5.41, 5.74) is 0.626. The lowest BCUT2D eigenvalue weighted by Gasteiger charge is -2.31. The fraction of sp³-hybridized carbons (Fsp3) is 0.286. The van der Waals surface area contributed by atoms with Crippen LogP contribution in [0.25, 0.3) is 0 Å². The van der Waals surface area contributed by atoms with Gasteiger partial charge < -0.3 is 10.1 Å². The molecule has 0 spiro atoms. The highest BCUT2D eigenvalue weighted by molar-refractivity contribution is 7.89. The summed E-state index contributed by atoms with van der Waals surface area (Å²) < 4.78 is 32.3. The van der Waals surface area contributed by atoms with Gasteiger partial charge in [-0.25, -0.2) is 8.42 Å². The molecule has 0 saturated carbocycles. The zero-order valence-electron chi connectivity index (χ0n) is 15.4. The van der Waals surface area contributed by atoms with Crippen molar-refractivity contribution >= 4 is 21.6 Å². The molecule has 6 nitrogen and oxygen atoms in total. The van der Waals surface area contributed by atoms with Crippen LogP contribution >= 0.6 is 0 Å². The van der Waals surface area contributed by atoms with Gasteiger partial charge in [-0.15, -0.1) is 6.42 Å². The highest BCUT2D eigenvalue weighted by Crippen LogP contribution is 2.25. The van der Waals surface area contributed by atoms with Gasteiger partial charge in [0.05, 0.1) is 10.8 Å². The van der Waals surface area contributed by atoms with Crippen molar-refractivity contribution in [3.8, 4) is 18.1 Å². The summed E-state index contributed by atoms with van der Waals surface area (Å²) in [5.74, 6) is 2.42. The Balaban J connectivity index is 1.64. The van der Waals surface area contributed by atoms with Gasteiger partial charge in [-0.3, -0.25) is 4.79 Å². The first-order valence-corrected chi connectivity index (χ1v) is 10.5. The van der Waals surface area contributed by atoms with Gasteiger partial charge in [0.2, 0.25) is 15.9 Å². The Kier molecular flexibility index (Phi) is 6.34. The number of nitrogens with one attached hydrogen (secondary N) is 1. The molecule has 0 aliphatic carbocycles. The van der Waals surface area contributed by atoms with Crippen LogP contribution in [0.3, 0.4) is 0 Å². The molecule has 1 unspecified atom stereocenters. The van der Waals surface area contributed by atoms with E-state index in [0.29, 0.717) is 30.8 Å². The van der Waals surface area contributed by atoms with Gasteiger partial charge in [0.15, 0.2) is 0 Å². The van der Waals surface area contributed by atoms with Gasteiger partial charge in [0, 0.05) is 18.8 Å². The number of hydrogen-bond donors (Lipinski definition) is 1. The van der Waals surface area contributed by atoms with Crippen LogP contribution < -0.4 is 10.1 Å². The molecule has 1 heterocycles. The topological polar surface area (TPSA) is 75.7 Å². The molecule has 1 saturated heterocycles. The molecule has 1 amide bonds. The molecule has 3 rings (SSSR count). The number of piperidine rings is 1. The Morgan fingerprint density at radius 3 is 2.57 bits per heavy atom. The van der Waals surface area contributed by atoms with Crippen LogP contribution in [0.4, 0.5) is 5.69 Å². The van der Waals surface area contributed by atoms with Crippen molar-refractivity contribution in [2.24, 2.45) is 5.92 Å². The predicted molar refractivity (Wildman–Crippen MR) is 107 cm³/mol. The molecular formula is C21H22N2O4S. The van der Waals surface area contributed by atoms with E-state index in [1.54, 1.807) is 54.6 Å². The van der Waals surface area contributed by atoms with Gasteiger partial charge in [-0.1, -0.05) is 24.1 Å². The number of carbonyl (C=O) groups excluding carboxylic acids is 1. The number of ether oxygens (including phenoxy) is 1. The molecule has 2 aromatic rings. The molecule has 1 aliphatic rings. The second-order valence-corrected chi connectivity index (χ2v) is 8.46. The average Bonchev–Trinajstić information content (AvgIpc) is 2.74. The summed E-state index contributed by atoms with van der Waals surface area (Å²) in [6, 6.07) is 15.2. The molecule has 0 aromatic heterocycles. The summed E-state index contributed by atoms with van der Waals surface area (Å²) in [5, 5.41) is 2.85. The normalized spacial score (nSPS) is 17.5. The van der Waals surface area contributed by atoms with Crippen molar-refractivity contribution in [2.45, 2.75) is 17.7 Å². The second-order valence-electron chi connectivity index (χ2n) is 6.52. The van der Waals surface area contributed by atoms with Gasteiger partial charge in [0.25, 0.3) is 0 Å². The lowest BCUT2D eigenvalue weighted by atomic mass is 9.99. The minimum Gasteiger partial charge on any atom is -0.481 e. The zero-order valence-corrected chi connectivity index (χ0v) is 16.2. The van der Waals surface area contributed by atoms with Crippen molar-refractivity contribution < 1.29 is 17.9 Å². The number of hydrogen-bond acceptors (Lipinski definition) is 4. The Morgan fingerprint density at radius 1 is 1.18 bits per heavy atom. The fourth-order valence-electron chi connectivity index (χ4n) is 3.12. The van der Waals surface area contributed by atoms with Crippen molar-refractivity contribution in [3.63, 3.8) is 0 Å². The molecule has 1 atom stereocenters. The third-order valence-electron chi connectivity index (χ3n) is 4.58. The van der Waals surface area contributed by atoms with Crippen LogP contribution in [-0.2, 0) is 14.8 Å². The van der Waals surface area contributed by atoms with E-state index in [-0.39, 0.29) is 24.0 Å². The van der Waals surface area contributed by atoms with Crippen molar-refractivity contribution in [2.75, 3.05) is 25.0 Å². The van der Waals surface area contributed by atoms with Crippen molar-refractivity contribution in [1.29, 1.82) is 0 Å². The lowest BCUT2D eigenvalue weighted by Crippen LogP contribution is -2.43. The third-order valence-corrected chi connectivity index (χ3v) is 6.46. The molecule has 28 heavy (non-hydrogen) atoms. The van der Waals surface area contributed by atoms with Crippen molar-refractivity contribution in [1.82, 2.24) is 4.31 Å². The minimum absolute atomic E-state index is 0.173. The van der Waals surface area contributed by atoms with Crippen LogP contribution in [0, 0.1) is 18.3 Å². The molecule has 146 valence electrons. The van der Waals surface area contributed by atoms with E-state index >= 15 is 0 Å². The monoisotopic (exact) mass is 398 g/mol. The smallest absolute Gasteiger partial charge is 0.243 e. The van der Waals surface area contributed by atoms with Crippen LogP contribution in [0.1, 0.15) is 12.8 Å². The second kappa shape index (κ2) is 8.91. The van der Waals surface area contributed by atoms with Gasteiger partial charge >= 0.3 is 0 Å². The summed E-state index contributed by atoms with van der Waals surface area (Å²) in [6.07, 6.45) is 6.45. The highest BCUT2D eigenvalue weighted by Gasteiger charge is 2.33. The number of terminal acetylenes is 1. The van der Waals surface area contributed by atoms with Crippen LogP contribution in [0.5, 0.6) is 5.75 Å². The first-order valence-electron chi connectivity index (χ1n) is 9.03. The van der Waals surface area contributed by atoms with E-state index < -0.39 is 15.9 Å². The van der Waals surface area contributed by atoms with Gasteiger partial charge in [-0.05, 0) is 49.2 Å². The van der Waals surface area contributed by atoms with E-state index in [0.717, 1.165) is 0 Å². The molecule has 1 N–H and O–H groups in total. The highest BCUT2D eigenvalue weighted by atomic mass is 32.2. The van der Waals surface area contributed by atoms with E-state index in [1.807, 2.05) is 0 Å². The number of carbonyl (C=O) groups is 1. The summed E-state index contributed by atoms with van der Waals surface area (Å²) in [7, 11) is -3.60. The maximum atomic E-state index is 12.8. The summed E-state index contributed by atoms with van der Waals surface area (Å²) >= 11 is 0.